The number of hydrogen-bond acceptors (Lipinski definition) is 5. The number of nitrogen functional groups attached to an aromatic ring is 1. The molecule has 5 heteroatoms. The molecule has 2 aromatic rings. The number of hydrogen-bond donors (Lipinski definition) is 1. The molecule has 0 radical (unpaired) electrons. The summed E-state index contributed by atoms with van der Waals surface area (Å²) in [4.78, 5) is 10.2. The first-order chi connectivity index (χ1) is 9.22. The Bertz CT molecular complexity index is 589. The standard InChI is InChI=1S/C14H15N5/c1-19(9-5-11-2-6-17-7-3-11)14-13(16)12(10-15)4-8-18-14/h2-4,6-8H,5,9,16H2,1H3. The van der Waals surface area contributed by atoms with E-state index >= 15 is 0 Å². The van der Waals surface area contributed by atoms with Gasteiger partial charge in [-0.15, -0.1) is 0 Å². The van der Waals surface area contributed by atoms with Crippen LogP contribution in [-0.2, 0) is 6.42 Å². The Morgan fingerprint density at radius 3 is 2.68 bits per heavy atom. The van der Waals surface area contributed by atoms with E-state index in [9.17, 15) is 0 Å². The fourth-order valence-electron chi connectivity index (χ4n) is 1.82. The van der Waals surface area contributed by atoms with Gasteiger partial charge in [-0.2, -0.15) is 5.26 Å². The van der Waals surface area contributed by atoms with Gasteiger partial charge >= 0.3 is 0 Å². The van der Waals surface area contributed by atoms with Gasteiger partial charge in [0.05, 0.1) is 11.3 Å². The molecule has 0 spiro atoms. The minimum atomic E-state index is 0.433. The summed E-state index contributed by atoms with van der Waals surface area (Å²) in [5.74, 6) is 0.646. The molecule has 0 fully saturated rings. The van der Waals surface area contributed by atoms with Crippen molar-refractivity contribution in [2.24, 2.45) is 0 Å². The quantitative estimate of drug-likeness (QED) is 0.895. The molecule has 0 aliphatic rings. The minimum absolute atomic E-state index is 0.433. The molecule has 2 rings (SSSR count). The summed E-state index contributed by atoms with van der Waals surface area (Å²) in [6.07, 6.45) is 6.03. The molecule has 2 aromatic heterocycles. The zero-order valence-corrected chi connectivity index (χ0v) is 10.7. The highest BCUT2D eigenvalue weighted by atomic mass is 15.2. The second-order valence-electron chi connectivity index (χ2n) is 4.23. The van der Waals surface area contributed by atoms with E-state index in [0.29, 0.717) is 17.1 Å². The Hall–Kier alpha value is -2.61. The summed E-state index contributed by atoms with van der Waals surface area (Å²) < 4.78 is 0. The zero-order valence-electron chi connectivity index (χ0n) is 10.7. The molecule has 0 aliphatic heterocycles. The maximum absolute atomic E-state index is 8.95. The zero-order chi connectivity index (χ0) is 13.7. The molecule has 19 heavy (non-hydrogen) atoms. The van der Waals surface area contributed by atoms with Gasteiger partial charge in [0.25, 0.3) is 0 Å². The normalized spacial score (nSPS) is 9.89. The molecule has 2 heterocycles. The van der Waals surface area contributed by atoms with Crippen molar-refractivity contribution in [2.75, 3.05) is 24.2 Å². The van der Waals surface area contributed by atoms with Gasteiger partial charge in [0.15, 0.2) is 5.82 Å². The van der Waals surface area contributed by atoms with Crippen LogP contribution in [0.3, 0.4) is 0 Å². The first kappa shape index (κ1) is 12.8. The van der Waals surface area contributed by atoms with E-state index in [1.165, 1.54) is 5.56 Å². The second kappa shape index (κ2) is 5.83. The summed E-state index contributed by atoms with van der Waals surface area (Å²) in [6, 6.07) is 7.65. The number of nitrogens with zero attached hydrogens (tertiary/aromatic N) is 4. The van der Waals surface area contributed by atoms with Gasteiger partial charge in [-0.3, -0.25) is 4.98 Å². The van der Waals surface area contributed by atoms with E-state index in [1.807, 2.05) is 24.1 Å². The average molecular weight is 253 g/mol. The molecule has 0 saturated heterocycles. The number of nitrogens with two attached hydrogens (primary N) is 1. The predicted molar refractivity (Wildman–Crippen MR) is 74.6 cm³/mol. The van der Waals surface area contributed by atoms with Crippen LogP contribution in [0.2, 0.25) is 0 Å². The molecule has 0 unspecified atom stereocenters. The lowest BCUT2D eigenvalue weighted by Gasteiger charge is -2.20. The van der Waals surface area contributed by atoms with E-state index in [0.717, 1.165) is 13.0 Å². The molecule has 0 saturated carbocycles. The Kier molecular flexibility index (Phi) is 3.94. The third kappa shape index (κ3) is 2.99. The van der Waals surface area contributed by atoms with Gasteiger partial charge in [0.2, 0.25) is 0 Å². The van der Waals surface area contributed by atoms with Crippen LogP contribution in [0.1, 0.15) is 11.1 Å². The maximum atomic E-state index is 8.95. The maximum Gasteiger partial charge on any atom is 0.152 e. The Labute approximate surface area is 112 Å². The fourth-order valence-corrected chi connectivity index (χ4v) is 1.82. The molecule has 2 N–H and O–H groups in total. The topological polar surface area (TPSA) is 78.8 Å². The van der Waals surface area contributed by atoms with Crippen LogP contribution >= 0.6 is 0 Å². The third-order valence-electron chi connectivity index (χ3n) is 2.94. The minimum Gasteiger partial charge on any atom is -0.395 e. The average Bonchev–Trinajstić information content (AvgIpc) is 2.46. The molecule has 0 aliphatic carbocycles. The predicted octanol–water partition coefficient (Wildman–Crippen LogP) is 1.61. The van der Waals surface area contributed by atoms with Crippen molar-refractivity contribution in [1.29, 1.82) is 5.26 Å². The summed E-state index contributed by atoms with van der Waals surface area (Å²) in [5.41, 5.74) is 8.02. The van der Waals surface area contributed by atoms with Crippen LogP contribution in [0, 0.1) is 11.3 Å². The smallest absolute Gasteiger partial charge is 0.152 e. The molecular formula is C14H15N5. The number of pyridine rings is 2. The first-order valence-corrected chi connectivity index (χ1v) is 5.97. The van der Waals surface area contributed by atoms with Crippen molar-refractivity contribution >= 4 is 11.5 Å². The number of rotatable bonds is 4. The number of likely N-dealkylation sites (N-methyl/N-ethyl adjacent to an activating group) is 1. The number of aromatic nitrogens is 2. The summed E-state index contributed by atoms with van der Waals surface area (Å²) in [6.45, 7) is 0.774. The SMILES string of the molecule is CN(CCc1ccncc1)c1nccc(C#N)c1N. The molecule has 96 valence electrons. The Balaban J connectivity index is 2.09. The highest BCUT2D eigenvalue weighted by Crippen LogP contribution is 2.22. The van der Waals surface area contributed by atoms with Crippen molar-refractivity contribution in [1.82, 2.24) is 9.97 Å². The highest BCUT2D eigenvalue weighted by Gasteiger charge is 2.10. The van der Waals surface area contributed by atoms with E-state index in [4.69, 9.17) is 11.0 Å². The lowest BCUT2D eigenvalue weighted by molar-refractivity contribution is 0.859. The monoisotopic (exact) mass is 253 g/mol. The van der Waals surface area contributed by atoms with Crippen molar-refractivity contribution in [3.8, 4) is 6.07 Å². The summed E-state index contributed by atoms with van der Waals surface area (Å²) in [7, 11) is 1.92. The first-order valence-electron chi connectivity index (χ1n) is 5.97. The van der Waals surface area contributed by atoms with E-state index in [-0.39, 0.29) is 0 Å². The van der Waals surface area contributed by atoms with Gasteiger partial charge in [-0.05, 0) is 30.2 Å². The summed E-state index contributed by atoms with van der Waals surface area (Å²) in [5, 5.41) is 8.95. The van der Waals surface area contributed by atoms with Crippen LogP contribution in [0.25, 0.3) is 0 Å². The highest BCUT2D eigenvalue weighted by molar-refractivity contribution is 5.69. The molecule has 5 nitrogen and oxygen atoms in total. The summed E-state index contributed by atoms with van der Waals surface area (Å²) >= 11 is 0. The van der Waals surface area contributed by atoms with Crippen LogP contribution < -0.4 is 10.6 Å². The van der Waals surface area contributed by atoms with Crippen LogP contribution in [-0.4, -0.2) is 23.6 Å². The van der Waals surface area contributed by atoms with Gasteiger partial charge in [0, 0.05) is 32.2 Å². The van der Waals surface area contributed by atoms with Gasteiger partial charge in [0.1, 0.15) is 6.07 Å². The molecular weight excluding hydrogens is 238 g/mol. The number of anilines is 2. The van der Waals surface area contributed by atoms with E-state index in [2.05, 4.69) is 16.0 Å². The molecule has 0 amide bonds. The largest absolute Gasteiger partial charge is 0.395 e. The lowest BCUT2D eigenvalue weighted by Crippen LogP contribution is -2.22. The van der Waals surface area contributed by atoms with Gasteiger partial charge in [-0.1, -0.05) is 0 Å². The number of nitriles is 1. The third-order valence-corrected chi connectivity index (χ3v) is 2.94. The van der Waals surface area contributed by atoms with Crippen LogP contribution in [0.4, 0.5) is 11.5 Å². The second-order valence-corrected chi connectivity index (χ2v) is 4.23. The van der Waals surface area contributed by atoms with Crippen molar-refractivity contribution in [3.05, 3.63) is 47.9 Å². The molecule has 0 aromatic carbocycles. The van der Waals surface area contributed by atoms with E-state index in [1.54, 1.807) is 24.7 Å². The Morgan fingerprint density at radius 1 is 1.26 bits per heavy atom. The van der Waals surface area contributed by atoms with Crippen LogP contribution in [0.15, 0.2) is 36.8 Å². The fraction of sp³-hybridized carbons (Fsp3) is 0.214. The van der Waals surface area contributed by atoms with Gasteiger partial charge < -0.3 is 10.6 Å². The van der Waals surface area contributed by atoms with Crippen LogP contribution in [0.5, 0.6) is 0 Å². The lowest BCUT2D eigenvalue weighted by atomic mass is 10.2. The van der Waals surface area contributed by atoms with E-state index < -0.39 is 0 Å². The van der Waals surface area contributed by atoms with Crippen molar-refractivity contribution in [3.63, 3.8) is 0 Å². The van der Waals surface area contributed by atoms with Crippen molar-refractivity contribution in [2.45, 2.75) is 6.42 Å². The van der Waals surface area contributed by atoms with Gasteiger partial charge in [-0.25, -0.2) is 4.98 Å². The van der Waals surface area contributed by atoms with Crippen molar-refractivity contribution < 1.29 is 0 Å². The molecule has 0 atom stereocenters. The Morgan fingerprint density at radius 2 is 2.00 bits per heavy atom. The molecule has 0 bridgehead atoms.